The highest BCUT2D eigenvalue weighted by Crippen LogP contribution is 2.22. The average molecular weight is 341 g/mol. The number of hydrogen-bond acceptors (Lipinski definition) is 4. The Kier molecular flexibility index (Phi) is 7.78. The van der Waals surface area contributed by atoms with E-state index >= 15 is 0 Å². The number of aliphatic hydroxyl groups is 1. The normalized spacial score (nSPS) is 28.2. The SMILES string of the molecule is CCNC(=O)C[C@H]1CC[C@@H](NC(=O)NC2CCCCC2)[C@@H](CO)O1. The van der Waals surface area contributed by atoms with E-state index in [1.54, 1.807) is 0 Å². The Morgan fingerprint density at radius 2 is 1.83 bits per heavy atom. The van der Waals surface area contributed by atoms with Crippen molar-refractivity contribution in [3.63, 3.8) is 0 Å². The summed E-state index contributed by atoms with van der Waals surface area (Å²) in [5, 5.41) is 18.3. The Morgan fingerprint density at radius 1 is 1.08 bits per heavy atom. The Labute approximate surface area is 143 Å². The minimum Gasteiger partial charge on any atom is -0.394 e. The lowest BCUT2D eigenvalue weighted by molar-refractivity contribution is -0.130. The molecule has 0 bridgehead atoms. The van der Waals surface area contributed by atoms with Crippen molar-refractivity contribution in [3.05, 3.63) is 0 Å². The summed E-state index contributed by atoms with van der Waals surface area (Å²) in [5.41, 5.74) is 0. The summed E-state index contributed by atoms with van der Waals surface area (Å²) in [4.78, 5) is 23.8. The molecule has 2 fully saturated rings. The molecule has 2 rings (SSSR count). The minimum absolute atomic E-state index is 0.0411. The predicted molar refractivity (Wildman–Crippen MR) is 90.6 cm³/mol. The van der Waals surface area contributed by atoms with Gasteiger partial charge in [-0.05, 0) is 32.6 Å². The molecule has 3 atom stereocenters. The van der Waals surface area contributed by atoms with E-state index in [9.17, 15) is 14.7 Å². The number of ether oxygens (including phenoxy) is 1. The van der Waals surface area contributed by atoms with Crippen LogP contribution >= 0.6 is 0 Å². The highest BCUT2D eigenvalue weighted by atomic mass is 16.5. The predicted octanol–water partition coefficient (Wildman–Crippen LogP) is 1.05. The minimum atomic E-state index is -0.463. The van der Waals surface area contributed by atoms with Gasteiger partial charge in [0.2, 0.25) is 5.91 Å². The molecule has 1 aliphatic carbocycles. The number of hydrogen-bond donors (Lipinski definition) is 4. The smallest absolute Gasteiger partial charge is 0.315 e. The molecule has 2 aliphatic rings. The van der Waals surface area contributed by atoms with E-state index in [2.05, 4.69) is 16.0 Å². The maximum Gasteiger partial charge on any atom is 0.315 e. The molecule has 24 heavy (non-hydrogen) atoms. The van der Waals surface area contributed by atoms with Crippen LogP contribution in [0.1, 0.15) is 58.3 Å². The van der Waals surface area contributed by atoms with Crippen LogP contribution in [0.4, 0.5) is 4.79 Å². The summed E-state index contributed by atoms with van der Waals surface area (Å²) in [6.45, 7) is 2.31. The summed E-state index contributed by atoms with van der Waals surface area (Å²) >= 11 is 0. The first-order chi connectivity index (χ1) is 11.6. The largest absolute Gasteiger partial charge is 0.394 e. The van der Waals surface area contributed by atoms with E-state index in [4.69, 9.17) is 4.74 Å². The summed E-state index contributed by atoms with van der Waals surface area (Å²) < 4.78 is 5.80. The number of aliphatic hydroxyl groups excluding tert-OH is 1. The van der Waals surface area contributed by atoms with Crippen LogP contribution in [0.25, 0.3) is 0 Å². The maximum absolute atomic E-state index is 12.2. The number of urea groups is 1. The maximum atomic E-state index is 12.2. The van der Waals surface area contributed by atoms with E-state index in [-0.39, 0.29) is 36.7 Å². The van der Waals surface area contributed by atoms with Crippen LogP contribution in [0.2, 0.25) is 0 Å². The number of carbonyl (C=O) groups excluding carboxylic acids is 2. The van der Waals surface area contributed by atoms with E-state index in [1.165, 1.54) is 6.42 Å². The molecule has 1 saturated carbocycles. The molecule has 0 spiro atoms. The third-order valence-corrected chi connectivity index (χ3v) is 4.84. The zero-order valence-electron chi connectivity index (χ0n) is 14.6. The molecule has 1 saturated heterocycles. The first-order valence-corrected chi connectivity index (χ1v) is 9.22. The molecule has 3 amide bonds. The van der Waals surface area contributed by atoms with Gasteiger partial charge in [0.15, 0.2) is 0 Å². The van der Waals surface area contributed by atoms with Crippen LogP contribution < -0.4 is 16.0 Å². The molecule has 1 heterocycles. The molecule has 0 radical (unpaired) electrons. The van der Waals surface area contributed by atoms with Gasteiger partial charge >= 0.3 is 6.03 Å². The van der Waals surface area contributed by atoms with Gasteiger partial charge in [-0.3, -0.25) is 4.79 Å². The number of carbonyl (C=O) groups is 2. The lowest BCUT2D eigenvalue weighted by Gasteiger charge is -2.36. The summed E-state index contributed by atoms with van der Waals surface area (Å²) in [7, 11) is 0. The van der Waals surface area contributed by atoms with Gasteiger partial charge < -0.3 is 25.8 Å². The molecular formula is C17H31N3O4. The van der Waals surface area contributed by atoms with Crippen LogP contribution in [0.3, 0.4) is 0 Å². The Bertz CT molecular complexity index is 413. The molecule has 7 nitrogen and oxygen atoms in total. The first kappa shape index (κ1) is 19.0. The van der Waals surface area contributed by atoms with Gasteiger partial charge in [-0.2, -0.15) is 0 Å². The molecule has 4 N–H and O–H groups in total. The quantitative estimate of drug-likeness (QED) is 0.580. The van der Waals surface area contributed by atoms with Gasteiger partial charge in [-0.15, -0.1) is 0 Å². The van der Waals surface area contributed by atoms with Crippen LogP contribution in [0.5, 0.6) is 0 Å². The Balaban J connectivity index is 1.76. The van der Waals surface area contributed by atoms with Gasteiger partial charge in [0.1, 0.15) is 6.10 Å². The van der Waals surface area contributed by atoms with Gasteiger partial charge in [0, 0.05) is 12.6 Å². The van der Waals surface area contributed by atoms with Crippen molar-refractivity contribution in [2.24, 2.45) is 0 Å². The van der Waals surface area contributed by atoms with Gasteiger partial charge in [0.25, 0.3) is 0 Å². The second-order valence-corrected chi connectivity index (χ2v) is 6.77. The third kappa shape index (κ3) is 5.94. The lowest BCUT2D eigenvalue weighted by atomic mass is 9.95. The van der Waals surface area contributed by atoms with Gasteiger partial charge in [-0.25, -0.2) is 4.79 Å². The first-order valence-electron chi connectivity index (χ1n) is 9.22. The van der Waals surface area contributed by atoms with Crippen molar-refractivity contribution in [1.29, 1.82) is 0 Å². The number of rotatable bonds is 6. The van der Waals surface area contributed by atoms with Crippen molar-refractivity contribution in [2.75, 3.05) is 13.2 Å². The van der Waals surface area contributed by atoms with E-state index < -0.39 is 6.10 Å². The highest BCUT2D eigenvalue weighted by Gasteiger charge is 2.33. The Morgan fingerprint density at radius 3 is 2.50 bits per heavy atom. The molecule has 7 heteroatoms. The van der Waals surface area contributed by atoms with Crippen molar-refractivity contribution in [1.82, 2.24) is 16.0 Å². The topological polar surface area (TPSA) is 99.7 Å². The third-order valence-electron chi connectivity index (χ3n) is 4.84. The highest BCUT2D eigenvalue weighted by molar-refractivity contribution is 5.76. The molecule has 138 valence electrons. The van der Waals surface area contributed by atoms with Crippen LogP contribution in [-0.2, 0) is 9.53 Å². The zero-order valence-corrected chi connectivity index (χ0v) is 14.6. The van der Waals surface area contributed by atoms with Gasteiger partial charge in [-0.1, -0.05) is 19.3 Å². The van der Waals surface area contributed by atoms with E-state index in [0.717, 1.165) is 25.7 Å². The monoisotopic (exact) mass is 341 g/mol. The number of amides is 3. The van der Waals surface area contributed by atoms with Crippen LogP contribution in [0.15, 0.2) is 0 Å². The zero-order chi connectivity index (χ0) is 17.4. The molecule has 1 aliphatic heterocycles. The molecule has 0 aromatic carbocycles. The van der Waals surface area contributed by atoms with E-state index in [1.807, 2.05) is 6.92 Å². The molecule has 0 unspecified atom stereocenters. The molecule has 0 aromatic heterocycles. The van der Waals surface area contributed by atoms with Crippen molar-refractivity contribution in [2.45, 2.75) is 82.6 Å². The van der Waals surface area contributed by atoms with E-state index in [0.29, 0.717) is 25.8 Å². The molecule has 0 aromatic rings. The standard InChI is InChI=1S/C17H31N3O4/c1-2-18-16(22)10-13-8-9-14(15(11-21)24-13)20-17(23)19-12-6-4-3-5-7-12/h12-15,21H,2-11H2,1H3,(H,18,22)(H2,19,20,23)/t13-,14-,15-/m1/s1. The molecular weight excluding hydrogens is 310 g/mol. The Hall–Kier alpha value is -1.34. The van der Waals surface area contributed by atoms with Crippen LogP contribution in [-0.4, -0.2) is 54.5 Å². The average Bonchev–Trinajstić information content (AvgIpc) is 2.57. The van der Waals surface area contributed by atoms with Crippen molar-refractivity contribution >= 4 is 11.9 Å². The van der Waals surface area contributed by atoms with Crippen LogP contribution in [0, 0.1) is 0 Å². The second-order valence-electron chi connectivity index (χ2n) is 6.77. The van der Waals surface area contributed by atoms with Crippen molar-refractivity contribution in [3.8, 4) is 0 Å². The van der Waals surface area contributed by atoms with Crippen molar-refractivity contribution < 1.29 is 19.4 Å². The second kappa shape index (κ2) is 9.84. The fourth-order valence-electron chi connectivity index (χ4n) is 3.57. The van der Waals surface area contributed by atoms with Gasteiger partial charge in [0.05, 0.1) is 25.2 Å². The fraction of sp³-hybridized carbons (Fsp3) is 0.882. The summed E-state index contributed by atoms with van der Waals surface area (Å²) in [5.74, 6) is -0.0411. The number of nitrogens with one attached hydrogen (secondary N) is 3. The summed E-state index contributed by atoms with van der Waals surface area (Å²) in [6.07, 6.45) is 6.68. The lowest BCUT2D eigenvalue weighted by Crippen LogP contribution is -2.55. The summed E-state index contributed by atoms with van der Waals surface area (Å²) in [6, 6.07) is -0.151. The fourth-order valence-corrected chi connectivity index (χ4v) is 3.57.